The highest BCUT2D eigenvalue weighted by Gasteiger charge is 2.28. The van der Waals surface area contributed by atoms with Gasteiger partial charge in [0.1, 0.15) is 12.2 Å². The minimum Gasteiger partial charge on any atom is -0.449 e. The first kappa shape index (κ1) is 12.8. The Morgan fingerprint density at radius 2 is 2.07 bits per heavy atom. The maximum Gasteiger partial charge on any atom is 0.330 e. The van der Waals surface area contributed by atoms with Crippen LogP contribution in [0.3, 0.4) is 0 Å². The van der Waals surface area contributed by atoms with Gasteiger partial charge in [0.15, 0.2) is 12.4 Å². The lowest BCUT2D eigenvalue weighted by atomic mass is 10.1. The fraction of sp³-hybridized carbons (Fsp3) is 0.500. The third-order valence-electron chi connectivity index (χ3n) is 1.47. The van der Waals surface area contributed by atoms with Gasteiger partial charge in [0.05, 0.1) is 6.61 Å². The number of aliphatic hydroxyl groups is 3. The molecule has 3 atom stereocenters. The number of carbonyl (C=O) groups is 2. The van der Waals surface area contributed by atoms with E-state index in [1.807, 2.05) is 0 Å². The van der Waals surface area contributed by atoms with Crippen LogP contribution in [0.2, 0.25) is 0 Å². The van der Waals surface area contributed by atoms with E-state index in [2.05, 4.69) is 11.3 Å². The lowest BCUT2D eigenvalue weighted by molar-refractivity contribution is -0.159. The smallest absolute Gasteiger partial charge is 0.330 e. The van der Waals surface area contributed by atoms with Crippen LogP contribution >= 0.6 is 0 Å². The summed E-state index contributed by atoms with van der Waals surface area (Å²) < 4.78 is 4.39. The van der Waals surface area contributed by atoms with Crippen LogP contribution in [0.25, 0.3) is 0 Å². The van der Waals surface area contributed by atoms with E-state index < -0.39 is 30.9 Å². The third-order valence-corrected chi connectivity index (χ3v) is 1.47. The number of ether oxygens (including phenoxy) is 1. The predicted octanol–water partition coefficient (Wildman–Crippen LogP) is -2.00. The fourth-order valence-electron chi connectivity index (χ4n) is 0.687. The fourth-order valence-corrected chi connectivity index (χ4v) is 0.687. The molecule has 0 saturated carbocycles. The van der Waals surface area contributed by atoms with Gasteiger partial charge in [-0.25, -0.2) is 4.79 Å². The van der Waals surface area contributed by atoms with Crippen molar-refractivity contribution in [1.82, 2.24) is 0 Å². The van der Waals surface area contributed by atoms with Crippen LogP contribution in [0.5, 0.6) is 0 Å². The van der Waals surface area contributed by atoms with Gasteiger partial charge in [-0.2, -0.15) is 0 Å². The normalized spacial score (nSPS) is 16.5. The molecular formula is C8H12O6. The van der Waals surface area contributed by atoms with Crippen molar-refractivity contribution < 1.29 is 29.6 Å². The van der Waals surface area contributed by atoms with Crippen LogP contribution in [0.1, 0.15) is 0 Å². The van der Waals surface area contributed by atoms with Crippen molar-refractivity contribution in [1.29, 1.82) is 0 Å². The second-order valence-corrected chi connectivity index (χ2v) is 2.48. The first-order chi connectivity index (χ1) is 6.56. The van der Waals surface area contributed by atoms with E-state index in [0.717, 1.165) is 6.08 Å². The van der Waals surface area contributed by atoms with Gasteiger partial charge < -0.3 is 20.1 Å². The molecule has 0 radical (unpaired) electrons. The Hall–Kier alpha value is -1.24. The average molecular weight is 204 g/mol. The number of esters is 1. The van der Waals surface area contributed by atoms with Crippen molar-refractivity contribution in [3.8, 4) is 0 Å². The summed E-state index contributed by atoms with van der Waals surface area (Å²) in [4.78, 5) is 21.0. The monoisotopic (exact) mass is 204 g/mol. The lowest BCUT2D eigenvalue weighted by Crippen LogP contribution is -2.42. The van der Waals surface area contributed by atoms with Gasteiger partial charge in [-0.1, -0.05) is 6.58 Å². The van der Waals surface area contributed by atoms with Crippen LogP contribution in [-0.4, -0.2) is 52.5 Å². The third kappa shape index (κ3) is 3.65. The molecule has 0 aromatic rings. The molecule has 0 bridgehead atoms. The van der Waals surface area contributed by atoms with Crippen molar-refractivity contribution in [2.24, 2.45) is 0 Å². The van der Waals surface area contributed by atoms with Crippen molar-refractivity contribution in [3.63, 3.8) is 0 Å². The Morgan fingerprint density at radius 3 is 2.43 bits per heavy atom. The van der Waals surface area contributed by atoms with E-state index in [1.54, 1.807) is 0 Å². The van der Waals surface area contributed by atoms with E-state index in [9.17, 15) is 9.59 Å². The van der Waals surface area contributed by atoms with Gasteiger partial charge in [0, 0.05) is 6.08 Å². The molecule has 0 heterocycles. The van der Waals surface area contributed by atoms with Gasteiger partial charge in [-0.3, -0.25) is 4.79 Å². The van der Waals surface area contributed by atoms with Gasteiger partial charge in [-0.15, -0.1) is 0 Å². The number of aldehydes is 1. The summed E-state index contributed by atoms with van der Waals surface area (Å²) in [7, 11) is 0. The zero-order chi connectivity index (χ0) is 11.1. The zero-order valence-electron chi connectivity index (χ0n) is 7.37. The summed E-state index contributed by atoms with van der Waals surface area (Å²) >= 11 is 0. The molecule has 14 heavy (non-hydrogen) atoms. The Morgan fingerprint density at radius 1 is 1.50 bits per heavy atom. The number of rotatable bonds is 6. The number of aliphatic hydroxyl groups excluding tert-OH is 3. The van der Waals surface area contributed by atoms with Gasteiger partial charge in [0.25, 0.3) is 0 Å². The molecule has 0 aromatic heterocycles. The molecule has 0 rings (SSSR count). The maximum atomic E-state index is 10.6. The molecule has 80 valence electrons. The summed E-state index contributed by atoms with van der Waals surface area (Å²) in [5, 5.41) is 26.6. The number of hydrogen-bond donors (Lipinski definition) is 3. The zero-order valence-corrected chi connectivity index (χ0v) is 7.37. The minimum absolute atomic E-state index is 0.158. The quantitative estimate of drug-likeness (QED) is 0.262. The second kappa shape index (κ2) is 6.25. The SMILES string of the molecule is C=CC(=O)O[C@H](C=O)[C@H](O)[C@H](O)CO. The highest BCUT2D eigenvalue weighted by Crippen LogP contribution is 2.03. The van der Waals surface area contributed by atoms with Crippen molar-refractivity contribution in [2.45, 2.75) is 18.3 Å². The summed E-state index contributed by atoms with van der Waals surface area (Å²) in [6, 6.07) is 0. The number of hydrogen-bond acceptors (Lipinski definition) is 6. The molecule has 3 N–H and O–H groups in total. The first-order valence-corrected chi connectivity index (χ1v) is 3.82. The molecule has 6 nitrogen and oxygen atoms in total. The largest absolute Gasteiger partial charge is 0.449 e. The minimum atomic E-state index is -1.65. The first-order valence-electron chi connectivity index (χ1n) is 3.82. The molecule has 0 amide bonds. The summed E-state index contributed by atoms with van der Waals surface area (Å²) in [5.74, 6) is -0.897. The van der Waals surface area contributed by atoms with E-state index in [1.165, 1.54) is 0 Å². The van der Waals surface area contributed by atoms with Crippen molar-refractivity contribution in [2.75, 3.05) is 6.61 Å². The van der Waals surface area contributed by atoms with E-state index >= 15 is 0 Å². The molecule has 0 saturated heterocycles. The molecule has 0 aliphatic rings. The maximum absolute atomic E-state index is 10.6. The summed E-state index contributed by atoms with van der Waals surface area (Å²) in [5.41, 5.74) is 0. The molecule has 0 spiro atoms. The highest BCUT2D eigenvalue weighted by molar-refractivity contribution is 5.82. The van der Waals surface area contributed by atoms with Crippen molar-refractivity contribution in [3.05, 3.63) is 12.7 Å². The lowest BCUT2D eigenvalue weighted by Gasteiger charge is -2.20. The van der Waals surface area contributed by atoms with Gasteiger partial charge in [0.2, 0.25) is 0 Å². The molecule has 0 fully saturated rings. The number of carbonyl (C=O) groups excluding carboxylic acids is 2. The Kier molecular flexibility index (Phi) is 5.70. The molecule has 0 aromatic carbocycles. The summed E-state index contributed by atoms with van der Waals surface area (Å²) in [6.07, 6.45) is -3.73. The molecule has 0 aliphatic heterocycles. The van der Waals surface area contributed by atoms with Crippen LogP contribution in [0, 0.1) is 0 Å². The molecule has 0 unspecified atom stereocenters. The Bertz CT molecular complexity index is 214. The van der Waals surface area contributed by atoms with Crippen molar-refractivity contribution >= 4 is 12.3 Å². The Balaban J connectivity index is 4.32. The van der Waals surface area contributed by atoms with Crippen LogP contribution < -0.4 is 0 Å². The van der Waals surface area contributed by atoms with E-state index in [4.69, 9.17) is 15.3 Å². The topological polar surface area (TPSA) is 104 Å². The predicted molar refractivity (Wildman–Crippen MR) is 45.2 cm³/mol. The van der Waals surface area contributed by atoms with Crippen LogP contribution in [0.15, 0.2) is 12.7 Å². The molecule has 0 aliphatic carbocycles. The van der Waals surface area contributed by atoms with E-state index in [0.29, 0.717) is 0 Å². The molecular weight excluding hydrogens is 192 g/mol. The highest BCUT2D eigenvalue weighted by atomic mass is 16.6. The average Bonchev–Trinajstić information content (AvgIpc) is 2.23. The van der Waals surface area contributed by atoms with Gasteiger partial charge in [-0.05, 0) is 0 Å². The van der Waals surface area contributed by atoms with Gasteiger partial charge >= 0.3 is 5.97 Å². The molecule has 6 heteroatoms. The second-order valence-electron chi connectivity index (χ2n) is 2.48. The summed E-state index contributed by atoms with van der Waals surface area (Å²) in [6.45, 7) is 2.35. The van der Waals surface area contributed by atoms with Crippen LogP contribution in [-0.2, 0) is 14.3 Å². The Labute approximate surface area is 80.4 Å². The standard InChI is InChI=1S/C8H12O6/c1-2-7(12)14-6(4-10)8(13)5(11)3-9/h2,4-6,8-9,11,13H,1,3H2/t5-,6-,8-/m1/s1. The van der Waals surface area contributed by atoms with Crippen LogP contribution in [0.4, 0.5) is 0 Å². The van der Waals surface area contributed by atoms with E-state index in [-0.39, 0.29) is 6.29 Å².